The molecule has 156 valence electrons. The van der Waals surface area contributed by atoms with Gasteiger partial charge in [0.1, 0.15) is 5.75 Å². The van der Waals surface area contributed by atoms with Crippen LogP contribution in [0, 0.1) is 0 Å². The van der Waals surface area contributed by atoms with Gasteiger partial charge >= 0.3 is 5.97 Å². The Balaban J connectivity index is 1.77. The number of anilines is 1. The fourth-order valence-electron chi connectivity index (χ4n) is 2.52. The molecule has 4 N–H and O–H groups in total. The molecule has 0 aliphatic rings. The van der Waals surface area contributed by atoms with Gasteiger partial charge in [0.05, 0.1) is 11.9 Å². The van der Waals surface area contributed by atoms with E-state index in [9.17, 15) is 9.59 Å². The Labute approximate surface area is 169 Å². The lowest BCUT2D eigenvalue weighted by atomic mass is 10.2. The molecule has 0 unspecified atom stereocenters. The van der Waals surface area contributed by atoms with Crippen LogP contribution in [-0.2, 0) is 11.2 Å². The molecule has 2 aromatic heterocycles. The highest BCUT2D eigenvalue weighted by atomic mass is 16.6. The van der Waals surface area contributed by atoms with Crippen molar-refractivity contribution < 1.29 is 24.1 Å². The monoisotopic (exact) mass is 414 g/mol. The SMILES string of the molecule is CCCc1c(C(=O)NN=Cc2ccccc2OCC(=O)O)nnn1-c1nonc1N. The first-order valence-electron chi connectivity index (χ1n) is 8.81. The summed E-state index contributed by atoms with van der Waals surface area (Å²) in [5, 5.41) is 27.6. The van der Waals surface area contributed by atoms with Crippen LogP contribution in [0.2, 0.25) is 0 Å². The molecular formula is C17H18N8O5. The number of hydrazone groups is 1. The minimum absolute atomic E-state index is 0.0141. The minimum atomic E-state index is -1.11. The minimum Gasteiger partial charge on any atom is -0.481 e. The summed E-state index contributed by atoms with van der Waals surface area (Å²) in [6, 6.07) is 6.66. The van der Waals surface area contributed by atoms with E-state index in [1.54, 1.807) is 24.3 Å². The van der Waals surface area contributed by atoms with Gasteiger partial charge in [-0.1, -0.05) is 30.7 Å². The van der Waals surface area contributed by atoms with Crippen LogP contribution in [0.4, 0.5) is 5.82 Å². The Kier molecular flexibility index (Phi) is 6.32. The Morgan fingerprint density at radius 2 is 2.17 bits per heavy atom. The quantitative estimate of drug-likeness (QED) is 0.327. The van der Waals surface area contributed by atoms with Crippen LogP contribution in [0.25, 0.3) is 5.82 Å². The molecule has 0 aliphatic heterocycles. The summed E-state index contributed by atoms with van der Waals surface area (Å²) in [7, 11) is 0. The number of carbonyl (C=O) groups is 2. The number of hydrogen-bond donors (Lipinski definition) is 3. The molecule has 0 saturated carbocycles. The topological polar surface area (TPSA) is 184 Å². The number of nitrogens with zero attached hydrogens (tertiary/aromatic N) is 6. The van der Waals surface area contributed by atoms with E-state index in [-0.39, 0.29) is 17.3 Å². The molecular weight excluding hydrogens is 396 g/mol. The predicted octanol–water partition coefficient (Wildman–Crippen LogP) is 0.412. The van der Waals surface area contributed by atoms with Crippen LogP contribution < -0.4 is 15.9 Å². The van der Waals surface area contributed by atoms with Crippen LogP contribution >= 0.6 is 0 Å². The second-order valence-electron chi connectivity index (χ2n) is 5.94. The molecule has 0 aliphatic carbocycles. The first-order valence-corrected chi connectivity index (χ1v) is 8.81. The van der Waals surface area contributed by atoms with E-state index in [1.165, 1.54) is 10.9 Å². The first kappa shape index (κ1) is 20.4. The van der Waals surface area contributed by atoms with E-state index in [4.69, 9.17) is 15.6 Å². The average Bonchev–Trinajstić information content (AvgIpc) is 3.33. The number of nitrogens with two attached hydrogens (primary N) is 1. The number of para-hydroxylation sites is 1. The van der Waals surface area contributed by atoms with Gasteiger partial charge < -0.3 is 15.6 Å². The van der Waals surface area contributed by atoms with Gasteiger partial charge in [0, 0.05) is 5.56 Å². The number of carbonyl (C=O) groups excluding carboxylic acids is 1. The van der Waals surface area contributed by atoms with E-state index in [1.807, 2.05) is 6.92 Å². The first-order chi connectivity index (χ1) is 14.5. The van der Waals surface area contributed by atoms with Crippen molar-refractivity contribution >= 4 is 23.9 Å². The fraction of sp³-hybridized carbons (Fsp3) is 0.235. The van der Waals surface area contributed by atoms with Gasteiger partial charge in [-0.15, -0.1) is 5.10 Å². The van der Waals surface area contributed by atoms with Gasteiger partial charge in [-0.05, 0) is 28.9 Å². The Hall–Kier alpha value is -4.29. The zero-order chi connectivity index (χ0) is 21.5. The number of aliphatic carboxylic acids is 1. The number of carboxylic acids is 1. The molecule has 13 heteroatoms. The summed E-state index contributed by atoms with van der Waals surface area (Å²) >= 11 is 0. The van der Waals surface area contributed by atoms with Crippen LogP contribution in [0.3, 0.4) is 0 Å². The third kappa shape index (κ3) is 4.57. The third-order valence-electron chi connectivity index (χ3n) is 3.80. The summed E-state index contributed by atoms with van der Waals surface area (Å²) in [4.78, 5) is 23.2. The molecule has 13 nitrogen and oxygen atoms in total. The van der Waals surface area contributed by atoms with E-state index in [2.05, 4.69) is 35.8 Å². The van der Waals surface area contributed by atoms with Crippen LogP contribution in [0.5, 0.6) is 5.75 Å². The van der Waals surface area contributed by atoms with E-state index in [0.29, 0.717) is 29.8 Å². The van der Waals surface area contributed by atoms with Gasteiger partial charge in [0.25, 0.3) is 5.91 Å². The highest BCUT2D eigenvalue weighted by molar-refractivity contribution is 5.94. The normalized spacial score (nSPS) is 11.0. The van der Waals surface area contributed by atoms with Gasteiger partial charge in [-0.3, -0.25) is 4.79 Å². The van der Waals surface area contributed by atoms with E-state index >= 15 is 0 Å². The second-order valence-corrected chi connectivity index (χ2v) is 5.94. The summed E-state index contributed by atoms with van der Waals surface area (Å²) in [6.07, 6.45) is 2.51. The molecule has 0 fully saturated rings. The number of nitrogen functional groups attached to an aromatic ring is 1. The smallest absolute Gasteiger partial charge is 0.341 e. The molecule has 2 heterocycles. The highest BCUT2D eigenvalue weighted by Crippen LogP contribution is 2.18. The van der Waals surface area contributed by atoms with Gasteiger partial charge in [0.2, 0.25) is 11.6 Å². The van der Waals surface area contributed by atoms with Crippen LogP contribution in [-0.4, -0.2) is 55.1 Å². The van der Waals surface area contributed by atoms with Crippen molar-refractivity contribution in [3.63, 3.8) is 0 Å². The zero-order valence-corrected chi connectivity index (χ0v) is 15.8. The Morgan fingerprint density at radius 1 is 1.37 bits per heavy atom. The molecule has 1 aromatic carbocycles. The molecule has 30 heavy (non-hydrogen) atoms. The van der Waals surface area contributed by atoms with Crippen molar-refractivity contribution in [3.05, 3.63) is 41.2 Å². The summed E-state index contributed by atoms with van der Waals surface area (Å²) in [5.74, 6) is -1.24. The lowest BCUT2D eigenvalue weighted by Gasteiger charge is -2.06. The number of nitrogens with one attached hydrogen (secondary N) is 1. The largest absolute Gasteiger partial charge is 0.481 e. The van der Waals surface area contributed by atoms with Crippen LogP contribution in [0.15, 0.2) is 34.0 Å². The molecule has 0 saturated heterocycles. The van der Waals surface area contributed by atoms with Crippen molar-refractivity contribution in [2.24, 2.45) is 5.10 Å². The van der Waals surface area contributed by atoms with E-state index < -0.39 is 18.5 Å². The number of hydrogen-bond acceptors (Lipinski definition) is 10. The van der Waals surface area contributed by atoms with Gasteiger partial charge in [0.15, 0.2) is 12.3 Å². The van der Waals surface area contributed by atoms with Crippen molar-refractivity contribution in [2.45, 2.75) is 19.8 Å². The van der Waals surface area contributed by atoms with Gasteiger partial charge in [-0.25, -0.2) is 14.8 Å². The number of amides is 1. The molecule has 0 atom stereocenters. The summed E-state index contributed by atoms with van der Waals surface area (Å²) in [6.45, 7) is 1.43. The maximum atomic E-state index is 12.6. The number of benzene rings is 1. The number of ether oxygens (including phenoxy) is 1. The van der Waals surface area contributed by atoms with E-state index in [0.717, 1.165) is 0 Å². The second kappa shape index (κ2) is 9.27. The molecule has 1 amide bonds. The van der Waals surface area contributed by atoms with Crippen molar-refractivity contribution in [1.82, 2.24) is 30.7 Å². The zero-order valence-electron chi connectivity index (χ0n) is 15.8. The van der Waals surface area contributed by atoms with Crippen molar-refractivity contribution in [1.29, 1.82) is 0 Å². The molecule has 3 aromatic rings. The lowest BCUT2D eigenvalue weighted by molar-refractivity contribution is -0.139. The maximum Gasteiger partial charge on any atom is 0.341 e. The highest BCUT2D eigenvalue weighted by Gasteiger charge is 2.23. The fourth-order valence-corrected chi connectivity index (χ4v) is 2.52. The predicted molar refractivity (Wildman–Crippen MR) is 102 cm³/mol. The van der Waals surface area contributed by atoms with Gasteiger partial charge in [-0.2, -0.15) is 9.78 Å². The number of aromatic nitrogens is 5. The Morgan fingerprint density at radius 3 is 2.87 bits per heavy atom. The maximum absolute atomic E-state index is 12.6. The number of rotatable bonds is 9. The molecule has 0 radical (unpaired) electrons. The number of carboxylic acid groups (broad SMARTS) is 1. The standard InChI is InChI=1S/C17H18N8O5/c1-2-5-11-14(20-24-25(11)16-15(18)22-30-23-16)17(28)21-19-8-10-6-3-4-7-12(10)29-9-13(26)27/h3-4,6-8H,2,5,9H2,1H3,(H2,18,22)(H,21,28)(H,26,27). The molecule has 0 spiro atoms. The lowest BCUT2D eigenvalue weighted by Crippen LogP contribution is -2.20. The average molecular weight is 414 g/mol. The van der Waals surface area contributed by atoms with Crippen molar-refractivity contribution in [2.75, 3.05) is 12.3 Å². The summed E-state index contributed by atoms with van der Waals surface area (Å²) < 4.78 is 11.1. The Bertz CT molecular complexity index is 1070. The van der Waals surface area contributed by atoms with Crippen LogP contribution in [0.1, 0.15) is 35.1 Å². The summed E-state index contributed by atoms with van der Waals surface area (Å²) in [5.41, 5.74) is 9.06. The molecule has 0 bridgehead atoms. The molecule has 3 rings (SSSR count). The van der Waals surface area contributed by atoms with Crippen molar-refractivity contribution in [3.8, 4) is 11.6 Å². The third-order valence-corrected chi connectivity index (χ3v) is 3.80.